The quantitative estimate of drug-likeness (QED) is 0.434. The average Bonchev–Trinajstić information content (AvgIpc) is 2.73. The van der Waals surface area contributed by atoms with Crippen LogP contribution in [0.5, 0.6) is 5.75 Å². The second-order valence-electron chi connectivity index (χ2n) is 7.47. The van der Waals surface area contributed by atoms with Crippen molar-refractivity contribution < 1.29 is 14.6 Å². The van der Waals surface area contributed by atoms with Gasteiger partial charge in [0.1, 0.15) is 5.75 Å². The highest BCUT2D eigenvalue weighted by atomic mass is 35.5. The number of hydrogen-bond donors (Lipinski definition) is 3. The largest absolute Gasteiger partial charge is 0.506 e. The Kier molecular flexibility index (Phi) is 8.19. The molecule has 7 nitrogen and oxygen atoms in total. The molecule has 1 aliphatic heterocycles. The number of carbonyl (C=O) groups excluding carboxylic acids is 1. The molecule has 3 N–H and O–H groups in total. The summed E-state index contributed by atoms with van der Waals surface area (Å²) in [5, 5.41) is 16.3. The van der Waals surface area contributed by atoms with Crippen LogP contribution in [0.15, 0.2) is 42.5 Å². The molecule has 0 unspecified atom stereocenters. The number of benzene rings is 2. The number of likely N-dealkylation sites (N-methyl/N-ethyl adjacent to an activating group) is 1. The number of rotatable bonds is 8. The second kappa shape index (κ2) is 11.1. The summed E-state index contributed by atoms with van der Waals surface area (Å²) >= 11 is 5.97. The van der Waals surface area contributed by atoms with E-state index in [9.17, 15) is 9.90 Å². The molecule has 30 heavy (non-hydrogen) atoms. The van der Waals surface area contributed by atoms with E-state index in [0.717, 1.165) is 44.7 Å². The molecule has 3 rings (SSSR count). The lowest BCUT2D eigenvalue weighted by molar-refractivity contribution is 0.130. The number of hydrogen-bond acceptors (Lipinski definition) is 6. The van der Waals surface area contributed by atoms with Gasteiger partial charge in [-0.15, -0.1) is 0 Å². The maximum atomic E-state index is 12.1. The van der Waals surface area contributed by atoms with Crippen molar-refractivity contribution in [2.75, 3.05) is 57.0 Å². The summed E-state index contributed by atoms with van der Waals surface area (Å²) in [6, 6.07) is 12.3. The minimum Gasteiger partial charge on any atom is -0.506 e. The predicted octanol–water partition coefficient (Wildman–Crippen LogP) is 3.84. The fraction of sp³-hybridized carbons (Fsp3) is 0.409. The summed E-state index contributed by atoms with van der Waals surface area (Å²) in [4.78, 5) is 16.8. The van der Waals surface area contributed by atoms with Gasteiger partial charge < -0.3 is 25.0 Å². The van der Waals surface area contributed by atoms with Gasteiger partial charge in [0.05, 0.1) is 12.3 Å². The van der Waals surface area contributed by atoms with Crippen molar-refractivity contribution in [3.05, 3.63) is 53.1 Å². The SMILES string of the molecule is CN1CCN(CCCOC(=O)Nc2cccc(CNc3cc(Cl)ccc3O)c2)CC1. The van der Waals surface area contributed by atoms with Crippen LogP contribution in [-0.2, 0) is 11.3 Å². The minimum absolute atomic E-state index is 0.133. The molecule has 0 atom stereocenters. The predicted molar refractivity (Wildman–Crippen MR) is 120 cm³/mol. The molecule has 1 fully saturated rings. The Labute approximate surface area is 182 Å². The Morgan fingerprint density at radius 1 is 1.17 bits per heavy atom. The molecule has 0 bridgehead atoms. The van der Waals surface area contributed by atoms with E-state index >= 15 is 0 Å². The molecule has 1 aliphatic rings. The normalized spacial score (nSPS) is 15.0. The zero-order chi connectivity index (χ0) is 21.3. The highest BCUT2D eigenvalue weighted by Gasteiger charge is 2.13. The van der Waals surface area contributed by atoms with Crippen molar-refractivity contribution in [3.8, 4) is 5.75 Å². The Bertz CT molecular complexity index is 841. The summed E-state index contributed by atoms with van der Waals surface area (Å²) < 4.78 is 5.31. The first-order chi connectivity index (χ1) is 14.5. The minimum atomic E-state index is -0.453. The second-order valence-corrected chi connectivity index (χ2v) is 7.91. The van der Waals surface area contributed by atoms with Crippen LogP contribution < -0.4 is 10.6 Å². The van der Waals surface area contributed by atoms with Gasteiger partial charge in [-0.2, -0.15) is 0 Å². The van der Waals surface area contributed by atoms with Gasteiger partial charge in [0.25, 0.3) is 0 Å². The number of halogens is 1. The lowest BCUT2D eigenvalue weighted by Crippen LogP contribution is -2.44. The molecule has 0 radical (unpaired) electrons. The van der Waals surface area contributed by atoms with Gasteiger partial charge in [-0.1, -0.05) is 23.7 Å². The molecule has 2 aromatic rings. The fourth-order valence-electron chi connectivity index (χ4n) is 3.28. The fourth-order valence-corrected chi connectivity index (χ4v) is 3.46. The number of aromatic hydroxyl groups is 1. The topological polar surface area (TPSA) is 77.1 Å². The van der Waals surface area contributed by atoms with Gasteiger partial charge in [0, 0.05) is 50.0 Å². The Morgan fingerprint density at radius 2 is 1.97 bits per heavy atom. The maximum Gasteiger partial charge on any atom is 0.411 e. The van der Waals surface area contributed by atoms with Gasteiger partial charge >= 0.3 is 6.09 Å². The van der Waals surface area contributed by atoms with Crippen molar-refractivity contribution in [1.82, 2.24) is 9.80 Å². The first-order valence-electron chi connectivity index (χ1n) is 10.2. The summed E-state index contributed by atoms with van der Waals surface area (Å²) in [5.41, 5.74) is 2.16. The molecule has 0 saturated carbocycles. The first-order valence-corrected chi connectivity index (χ1v) is 10.5. The maximum absolute atomic E-state index is 12.1. The Balaban J connectivity index is 1.39. The van der Waals surface area contributed by atoms with Gasteiger partial charge in [0.15, 0.2) is 0 Å². The number of piperazine rings is 1. The van der Waals surface area contributed by atoms with Crippen LogP contribution >= 0.6 is 11.6 Å². The third-order valence-corrected chi connectivity index (χ3v) is 5.30. The third-order valence-electron chi connectivity index (χ3n) is 5.06. The summed E-state index contributed by atoms with van der Waals surface area (Å²) in [5.74, 6) is 0.133. The zero-order valence-electron chi connectivity index (χ0n) is 17.2. The lowest BCUT2D eigenvalue weighted by Gasteiger charge is -2.32. The first kappa shape index (κ1) is 22.2. The Morgan fingerprint density at radius 3 is 2.77 bits per heavy atom. The number of anilines is 2. The number of phenols is 1. The molecular formula is C22H29ClN4O3. The Hall–Kier alpha value is -2.48. The van der Waals surface area contributed by atoms with Crippen molar-refractivity contribution in [1.29, 1.82) is 0 Å². The van der Waals surface area contributed by atoms with Crippen LogP contribution in [0.4, 0.5) is 16.2 Å². The lowest BCUT2D eigenvalue weighted by atomic mass is 10.2. The molecule has 0 aromatic heterocycles. The molecular weight excluding hydrogens is 404 g/mol. The van der Waals surface area contributed by atoms with Gasteiger partial charge in [-0.25, -0.2) is 4.79 Å². The number of carbonyl (C=O) groups is 1. The van der Waals surface area contributed by atoms with Crippen LogP contribution in [0.3, 0.4) is 0 Å². The molecule has 8 heteroatoms. The zero-order valence-corrected chi connectivity index (χ0v) is 18.0. The van der Waals surface area contributed by atoms with E-state index in [-0.39, 0.29) is 5.75 Å². The molecule has 2 aromatic carbocycles. The van der Waals surface area contributed by atoms with E-state index in [2.05, 4.69) is 27.5 Å². The van der Waals surface area contributed by atoms with E-state index in [0.29, 0.717) is 29.5 Å². The van der Waals surface area contributed by atoms with E-state index in [4.69, 9.17) is 16.3 Å². The van der Waals surface area contributed by atoms with Crippen LogP contribution in [-0.4, -0.2) is 67.4 Å². The van der Waals surface area contributed by atoms with Crippen molar-refractivity contribution in [2.45, 2.75) is 13.0 Å². The highest BCUT2D eigenvalue weighted by Crippen LogP contribution is 2.27. The average molecular weight is 433 g/mol. The van der Waals surface area contributed by atoms with Crippen LogP contribution in [0.25, 0.3) is 0 Å². The van der Waals surface area contributed by atoms with Gasteiger partial charge in [-0.3, -0.25) is 5.32 Å². The molecule has 1 saturated heterocycles. The van der Waals surface area contributed by atoms with E-state index < -0.39 is 6.09 Å². The molecule has 1 amide bonds. The summed E-state index contributed by atoms with van der Waals surface area (Å²) in [6.07, 6.45) is 0.371. The van der Waals surface area contributed by atoms with Gasteiger partial charge in [0.2, 0.25) is 0 Å². The van der Waals surface area contributed by atoms with E-state index in [1.165, 1.54) is 0 Å². The highest BCUT2D eigenvalue weighted by molar-refractivity contribution is 6.30. The third kappa shape index (κ3) is 7.09. The number of ether oxygens (including phenoxy) is 1. The standard InChI is InChI=1S/C22H29ClN4O3/c1-26-9-11-27(12-10-26)8-3-13-30-22(29)25-19-5-2-4-17(14-19)16-24-20-15-18(23)6-7-21(20)28/h2,4-7,14-15,24,28H,3,8-13,16H2,1H3,(H,25,29). The number of amides is 1. The number of nitrogens with one attached hydrogen (secondary N) is 2. The molecule has 162 valence electrons. The summed E-state index contributed by atoms with van der Waals surface area (Å²) in [7, 11) is 2.14. The molecule has 1 heterocycles. The van der Waals surface area contributed by atoms with Crippen molar-refractivity contribution in [2.24, 2.45) is 0 Å². The summed E-state index contributed by atoms with van der Waals surface area (Å²) in [6.45, 7) is 6.12. The molecule has 0 aliphatic carbocycles. The monoisotopic (exact) mass is 432 g/mol. The van der Waals surface area contributed by atoms with Gasteiger partial charge in [-0.05, 0) is 49.4 Å². The molecule has 0 spiro atoms. The number of nitrogens with zero attached hydrogens (tertiary/aromatic N) is 2. The van der Waals surface area contributed by atoms with E-state index in [1.807, 2.05) is 24.3 Å². The van der Waals surface area contributed by atoms with Crippen LogP contribution in [0.1, 0.15) is 12.0 Å². The number of phenolic OH excluding ortho intramolecular Hbond substituents is 1. The van der Waals surface area contributed by atoms with E-state index in [1.54, 1.807) is 18.2 Å². The van der Waals surface area contributed by atoms with Crippen molar-refractivity contribution >= 4 is 29.1 Å². The van der Waals surface area contributed by atoms with Crippen LogP contribution in [0, 0.1) is 0 Å². The van der Waals surface area contributed by atoms with Crippen LogP contribution in [0.2, 0.25) is 5.02 Å². The smallest absolute Gasteiger partial charge is 0.411 e. The van der Waals surface area contributed by atoms with Crippen molar-refractivity contribution in [3.63, 3.8) is 0 Å².